The van der Waals surface area contributed by atoms with Crippen LogP contribution in [0.15, 0.2) is 16.9 Å². The Morgan fingerprint density at radius 1 is 1.89 bits per heavy atom. The fourth-order valence-electron chi connectivity index (χ4n) is 0.395. The van der Waals surface area contributed by atoms with Crippen molar-refractivity contribution in [3.63, 3.8) is 0 Å². The summed E-state index contributed by atoms with van der Waals surface area (Å²) in [6.07, 6.45) is 1.53. The van der Waals surface area contributed by atoms with E-state index >= 15 is 0 Å². The van der Waals surface area contributed by atoms with Crippen molar-refractivity contribution in [2.75, 3.05) is 0 Å². The van der Waals surface area contributed by atoms with E-state index in [1.165, 1.54) is 17.5 Å². The second-order valence-electron chi connectivity index (χ2n) is 1.35. The van der Waals surface area contributed by atoms with Crippen molar-refractivity contribution in [2.45, 2.75) is 5.50 Å². The van der Waals surface area contributed by atoms with Crippen molar-refractivity contribution < 1.29 is 0 Å². The minimum Gasteiger partial charge on any atom is -0.253 e. The first kappa shape index (κ1) is 6.64. The zero-order chi connectivity index (χ0) is 6.69. The highest BCUT2D eigenvalue weighted by Gasteiger charge is 2.07. The quantitative estimate of drug-likeness (QED) is 0.380. The van der Waals surface area contributed by atoms with Gasteiger partial charge in [-0.25, -0.2) is 0 Å². The summed E-state index contributed by atoms with van der Waals surface area (Å²) in [5.74, 6) is 0. The number of thiazole rings is 1. The van der Waals surface area contributed by atoms with Crippen LogP contribution >= 0.6 is 22.9 Å². The molecule has 1 rings (SSSR count). The van der Waals surface area contributed by atoms with Crippen molar-refractivity contribution in [1.29, 1.82) is 0 Å². The molecular formula is C4H3ClN2OS. The highest BCUT2D eigenvalue weighted by atomic mass is 35.5. The number of nitrogens with zero attached hydrogens (tertiary/aromatic N) is 2. The molecule has 0 aliphatic rings. The fraction of sp³-hybridized carbons (Fsp3) is 0.250. The van der Waals surface area contributed by atoms with Gasteiger partial charge in [0, 0.05) is 6.20 Å². The van der Waals surface area contributed by atoms with Crippen LogP contribution in [0.25, 0.3) is 0 Å². The SMILES string of the molecule is O=NC(Cl)c1cncs1. The van der Waals surface area contributed by atoms with Gasteiger partial charge in [-0.15, -0.1) is 16.2 Å². The maximum absolute atomic E-state index is 9.80. The van der Waals surface area contributed by atoms with Gasteiger partial charge in [-0.3, -0.25) is 4.98 Å². The average Bonchev–Trinajstić information content (AvgIpc) is 2.37. The first-order valence-electron chi connectivity index (χ1n) is 2.19. The lowest BCUT2D eigenvalue weighted by Gasteiger charge is -1.89. The average molecular weight is 163 g/mol. The van der Waals surface area contributed by atoms with Crippen LogP contribution < -0.4 is 0 Å². The molecule has 1 heterocycles. The Balaban J connectivity index is 2.76. The molecule has 0 aliphatic heterocycles. The Morgan fingerprint density at radius 3 is 3.11 bits per heavy atom. The van der Waals surface area contributed by atoms with Gasteiger partial charge in [0.2, 0.25) is 5.50 Å². The number of halogens is 1. The highest BCUT2D eigenvalue weighted by Crippen LogP contribution is 2.23. The maximum atomic E-state index is 9.80. The predicted molar refractivity (Wildman–Crippen MR) is 36.5 cm³/mol. The van der Waals surface area contributed by atoms with Gasteiger partial charge in [-0.1, -0.05) is 11.6 Å². The fourth-order valence-corrected chi connectivity index (χ4v) is 1.13. The van der Waals surface area contributed by atoms with E-state index in [2.05, 4.69) is 10.2 Å². The predicted octanol–water partition coefficient (Wildman–Crippen LogP) is 2.15. The smallest absolute Gasteiger partial charge is 0.201 e. The number of nitroso groups, excluding NO2 is 1. The minimum absolute atomic E-state index is 0.687. The summed E-state index contributed by atoms with van der Waals surface area (Å²) >= 11 is 6.74. The summed E-state index contributed by atoms with van der Waals surface area (Å²) in [5.41, 5.74) is 0.841. The van der Waals surface area contributed by atoms with E-state index in [9.17, 15) is 4.91 Å². The van der Waals surface area contributed by atoms with Crippen LogP contribution in [0.4, 0.5) is 0 Å². The van der Waals surface area contributed by atoms with E-state index in [0.29, 0.717) is 4.88 Å². The molecule has 0 radical (unpaired) electrons. The summed E-state index contributed by atoms with van der Waals surface area (Å²) in [5, 5.41) is 2.62. The number of aromatic nitrogens is 1. The molecule has 1 aromatic heterocycles. The van der Waals surface area contributed by atoms with Crippen LogP contribution in [0.2, 0.25) is 0 Å². The molecule has 9 heavy (non-hydrogen) atoms. The molecule has 0 aliphatic carbocycles. The number of rotatable bonds is 2. The van der Waals surface area contributed by atoms with Gasteiger partial charge in [0.25, 0.3) is 0 Å². The van der Waals surface area contributed by atoms with Gasteiger partial charge < -0.3 is 0 Å². The lowest BCUT2D eigenvalue weighted by Crippen LogP contribution is -1.76. The third-order valence-electron chi connectivity index (χ3n) is 0.779. The summed E-state index contributed by atoms with van der Waals surface area (Å²) in [7, 11) is 0. The summed E-state index contributed by atoms with van der Waals surface area (Å²) in [6.45, 7) is 0. The van der Waals surface area contributed by atoms with Crippen molar-refractivity contribution in [2.24, 2.45) is 5.18 Å². The van der Waals surface area contributed by atoms with Crippen LogP contribution in [0.5, 0.6) is 0 Å². The third kappa shape index (κ3) is 1.46. The van der Waals surface area contributed by atoms with Crippen molar-refractivity contribution in [1.82, 2.24) is 4.98 Å². The molecule has 0 saturated carbocycles. The second-order valence-corrected chi connectivity index (χ2v) is 2.68. The van der Waals surface area contributed by atoms with E-state index in [0.717, 1.165) is 0 Å². The standard InChI is InChI=1S/C4H3ClN2OS/c5-4(7-8)3-1-6-2-9-3/h1-2,4H. The molecule has 0 spiro atoms. The minimum atomic E-state index is -0.766. The Hall–Kier alpha value is -0.480. The van der Waals surface area contributed by atoms with Gasteiger partial charge in [0.1, 0.15) is 0 Å². The van der Waals surface area contributed by atoms with Crippen molar-refractivity contribution in [3.8, 4) is 0 Å². The third-order valence-corrected chi connectivity index (χ3v) is 2.05. The highest BCUT2D eigenvalue weighted by molar-refractivity contribution is 7.09. The first-order valence-corrected chi connectivity index (χ1v) is 3.51. The van der Waals surface area contributed by atoms with Crippen LogP contribution in [0, 0.1) is 4.91 Å². The zero-order valence-corrected chi connectivity index (χ0v) is 5.89. The molecule has 0 bridgehead atoms. The number of hydrogen-bond acceptors (Lipinski definition) is 4. The molecular weight excluding hydrogens is 160 g/mol. The molecule has 3 nitrogen and oxygen atoms in total. The Labute approximate surface area is 60.7 Å². The lowest BCUT2D eigenvalue weighted by atomic mass is 10.6. The summed E-state index contributed by atoms with van der Waals surface area (Å²) in [4.78, 5) is 14.2. The van der Waals surface area contributed by atoms with Crippen molar-refractivity contribution >= 4 is 22.9 Å². The largest absolute Gasteiger partial charge is 0.253 e. The molecule has 0 N–H and O–H groups in total. The second kappa shape index (κ2) is 2.89. The Kier molecular flexibility index (Phi) is 2.13. The van der Waals surface area contributed by atoms with Gasteiger partial charge >= 0.3 is 0 Å². The Morgan fingerprint density at radius 2 is 2.67 bits per heavy atom. The van der Waals surface area contributed by atoms with Crippen LogP contribution in [0.1, 0.15) is 10.4 Å². The molecule has 1 aromatic rings. The molecule has 48 valence electrons. The van der Waals surface area contributed by atoms with E-state index in [4.69, 9.17) is 11.6 Å². The van der Waals surface area contributed by atoms with Gasteiger partial charge in [-0.2, -0.15) is 0 Å². The lowest BCUT2D eigenvalue weighted by molar-refractivity contribution is 1.03. The summed E-state index contributed by atoms with van der Waals surface area (Å²) in [6, 6.07) is 0. The van der Waals surface area contributed by atoms with Crippen LogP contribution in [-0.4, -0.2) is 4.98 Å². The zero-order valence-electron chi connectivity index (χ0n) is 4.32. The molecule has 0 aromatic carbocycles. The Bertz CT molecular complexity index is 188. The number of hydrogen-bond donors (Lipinski definition) is 0. The molecule has 0 saturated heterocycles. The molecule has 0 amide bonds. The van der Waals surface area contributed by atoms with E-state index < -0.39 is 5.50 Å². The van der Waals surface area contributed by atoms with E-state index in [1.807, 2.05) is 0 Å². The van der Waals surface area contributed by atoms with Crippen molar-refractivity contribution in [3.05, 3.63) is 21.5 Å². The van der Waals surface area contributed by atoms with E-state index in [1.54, 1.807) is 5.51 Å². The van der Waals surface area contributed by atoms with Gasteiger partial charge in [0.15, 0.2) is 0 Å². The molecule has 1 atom stereocenters. The molecule has 5 heteroatoms. The summed E-state index contributed by atoms with van der Waals surface area (Å²) < 4.78 is 0. The number of alkyl halides is 1. The molecule has 1 unspecified atom stereocenters. The normalized spacial score (nSPS) is 13.0. The van der Waals surface area contributed by atoms with Crippen LogP contribution in [-0.2, 0) is 0 Å². The molecule has 0 fully saturated rings. The van der Waals surface area contributed by atoms with Crippen LogP contribution in [0.3, 0.4) is 0 Å². The first-order chi connectivity index (χ1) is 4.34. The maximum Gasteiger partial charge on any atom is 0.201 e. The monoisotopic (exact) mass is 162 g/mol. The van der Waals surface area contributed by atoms with E-state index in [-0.39, 0.29) is 0 Å². The topological polar surface area (TPSA) is 42.3 Å². The van der Waals surface area contributed by atoms with Gasteiger partial charge in [0.05, 0.1) is 10.4 Å². The van der Waals surface area contributed by atoms with Gasteiger partial charge in [-0.05, 0) is 5.18 Å².